The summed E-state index contributed by atoms with van der Waals surface area (Å²) in [5.74, 6) is -0.629. The first-order chi connectivity index (χ1) is 16.8. The summed E-state index contributed by atoms with van der Waals surface area (Å²) in [6.07, 6.45) is 0. The maximum absolute atomic E-state index is 13.3. The van der Waals surface area contributed by atoms with Gasteiger partial charge in [-0.05, 0) is 79.7 Å². The summed E-state index contributed by atoms with van der Waals surface area (Å²) in [6.45, 7) is 1.66. The van der Waals surface area contributed by atoms with E-state index >= 15 is 0 Å². The molecule has 1 heterocycles. The first-order valence-electron chi connectivity index (χ1n) is 10.5. The number of hydrogen-bond donors (Lipinski definition) is 4. The topological polar surface area (TPSA) is 104 Å². The van der Waals surface area contributed by atoms with E-state index in [-0.39, 0.29) is 35.4 Å². The molecular formula is C24H20BrF2N7O. The number of hydrogen-bond acceptors (Lipinski definition) is 7. The molecule has 0 unspecified atom stereocenters. The zero-order valence-electron chi connectivity index (χ0n) is 18.4. The van der Waals surface area contributed by atoms with Gasteiger partial charge in [0.05, 0.1) is 0 Å². The summed E-state index contributed by atoms with van der Waals surface area (Å²) >= 11 is 3.36. The van der Waals surface area contributed by atoms with E-state index in [1.165, 1.54) is 48.5 Å². The van der Waals surface area contributed by atoms with Crippen LogP contribution in [-0.4, -0.2) is 26.9 Å². The van der Waals surface area contributed by atoms with Crippen LogP contribution in [0.4, 0.5) is 43.7 Å². The van der Waals surface area contributed by atoms with Crippen molar-refractivity contribution in [2.75, 3.05) is 21.3 Å². The van der Waals surface area contributed by atoms with Crippen LogP contribution in [0.2, 0.25) is 0 Å². The van der Waals surface area contributed by atoms with Gasteiger partial charge in [0.2, 0.25) is 23.8 Å². The fourth-order valence-electron chi connectivity index (χ4n) is 2.92. The zero-order chi connectivity index (χ0) is 24.8. The van der Waals surface area contributed by atoms with E-state index in [0.717, 1.165) is 4.47 Å². The number of amides is 1. The molecule has 35 heavy (non-hydrogen) atoms. The van der Waals surface area contributed by atoms with Crippen molar-refractivity contribution >= 4 is 56.7 Å². The number of benzene rings is 3. The van der Waals surface area contributed by atoms with E-state index < -0.39 is 6.04 Å². The normalized spacial score (nSPS) is 11.4. The van der Waals surface area contributed by atoms with Crippen molar-refractivity contribution in [3.8, 4) is 0 Å². The number of anilines is 6. The standard InChI is InChI=1S/C24H20BrF2N7O/c1-14(21(35)29-18-8-2-15(25)3-9-18)28-22-32-23(30-19-10-4-16(26)5-11-19)34-24(33-22)31-20-12-6-17(27)7-13-20/h2-14H,1H3,(H,29,35)(H3,28,30,31,32,33,34)/t14-/m1/s1. The molecule has 0 aliphatic carbocycles. The third kappa shape index (κ3) is 6.93. The average molecular weight is 540 g/mol. The minimum atomic E-state index is -0.696. The SMILES string of the molecule is C[C@@H](Nc1nc(Nc2ccc(F)cc2)nc(Nc2ccc(F)cc2)n1)C(=O)Nc1ccc(Br)cc1. The Balaban J connectivity index is 1.54. The number of aromatic nitrogens is 3. The van der Waals surface area contributed by atoms with Gasteiger partial charge in [0.15, 0.2) is 0 Å². The molecule has 0 fully saturated rings. The summed E-state index contributed by atoms with van der Waals surface area (Å²) in [5, 5.41) is 11.7. The van der Waals surface area contributed by atoms with Crippen LogP contribution in [-0.2, 0) is 4.79 Å². The van der Waals surface area contributed by atoms with Crippen LogP contribution < -0.4 is 21.3 Å². The minimum Gasteiger partial charge on any atom is -0.342 e. The quantitative estimate of drug-likeness (QED) is 0.223. The van der Waals surface area contributed by atoms with Crippen molar-refractivity contribution < 1.29 is 13.6 Å². The maximum Gasteiger partial charge on any atom is 0.246 e. The average Bonchev–Trinajstić information content (AvgIpc) is 2.83. The predicted molar refractivity (Wildman–Crippen MR) is 135 cm³/mol. The van der Waals surface area contributed by atoms with Crippen LogP contribution in [0.15, 0.2) is 77.3 Å². The lowest BCUT2D eigenvalue weighted by atomic mass is 10.2. The van der Waals surface area contributed by atoms with Gasteiger partial charge in [-0.3, -0.25) is 4.79 Å². The van der Waals surface area contributed by atoms with Crippen LogP contribution in [0, 0.1) is 11.6 Å². The Bertz CT molecular complexity index is 1240. The van der Waals surface area contributed by atoms with Gasteiger partial charge in [-0.1, -0.05) is 15.9 Å². The molecule has 0 aliphatic rings. The van der Waals surface area contributed by atoms with Crippen LogP contribution in [0.5, 0.6) is 0 Å². The van der Waals surface area contributed by atoms with Crippen molar-refractivity contribution in [1.29, 1.82) is 0 Å². The van der Waals surface area contributed by atoms with Crippen molar-refractivity contribution in [1.82, 2.24) is 15.0 Å². The van der Waals surface area contributed by atoms with E-state index in [1.54, 1.807) is 19.1 Å². The van der Waals surface area contributed by atoms with Crippen LogP contribution in [0.25, 0.3) is 0 Å². The fraction of sp³-hybridized carbons (Fsp3) is 0.0833. The lowest BCUT2D eigenvalue weighted by Gasteiger charge is -2.16. The first-order valence-corrected chi connectivity index (χ1v) is 11.3. The molecule has 0 aliphatic heterocycles. The van der Waals surface area contributed by atoms with E-state index in [1.807, 2.05) is 12.1 Å². The Labute approximate surface area is 208 Å². The van der Waals surface area contributed by atoms with Crippen LogP contribution >= 0.6 is 15.9 Å². The molecule has 3 aromatic carbocycles. The molecule has 0 bridgehead atoms. The second kappa shape index (κ2) is 10.9. The Morgan fingerprint density at radius 2 is 1.14 bits per heavy atom. The molecule has 4 aromatic rings. The maximum atomic E-state index is 13.3. The minimum absolute atomic E-state index is 0.118. The Kier molecular flexibility index (Phi) is 7.46. The smallest absolute Gasteiger partial charge is 0.246 e. The van der Waals surface area contributed by atoms with Crippen molar-refractivity contribution in [2.24, 2.45) is 0 Å². The van der Waals surface area contributed by atoms with Gasteiger partial charge in [0.1, 0.15) is 17.7 Å². The summed E-state index contributed by atoms with van der Waals surface area (Å²) in [6, 6.07) is 17.8. The van der Waals surface area contributed by atoms with E-state index in [0.29, 0.717) is 17.1 Å². The molecule has 4 rings (SSSR count). The molecule has 0 saturated carbocycles. The molecule has 0 spiro atoms. The summed E-state index contributed by atoms with van der Waals surface area (Å²) in [5.41, 5.74) is 1.74. The highest BCUT2D eigenvalue weighted by molar-refractivity contribution is 9.10. The van der Waals surface area contributed by atoms with Crippen LogP contribution in [0.1, 0.15) is 6.92 Å². The summed E-state index contributed by atoms with van der Waals surface area (Å²) < 4.78 is 27.4. The Morgan fingerprint density at radius 3 is 1.63 bits per heavy atom. The van der Waals surface area contributed by atoms with Crippen molar-refractivity contribution in [2.45, 2.75) is 13.0 Å². The van der Waals surface area contributed by atoms with Gasteiger partial charge in [0, 0.05) is 21.5 Å². The van der Waals surface area contributed by atoms with Gasteiger partial charge < -0.3 is 21.3 Å². The number of carbonyl (C=O) groups excluding carboxylic acids is 1. The fourth-order valence-corrected chi connectivity index (χ4v) is 3.18. The number of nitrogens with one attached hydrogen (secondary N) is 4. The molecule has 1 amide bonds. The molecule has 178 valence electrons. The number of carbonyl (C=O) groups is 1. The molecule has 0 saturated heterocycles. The van der Waals surface area contributed by atoms with Gasteiger partial charge in [-0.25, -0.2) is 8.78 Å². The first kappa shape index (κ1) is 24.0. The number of nitrogens with zero attached hydrogens (tertiary/aromatic N) is 3. The highest BCUT2D eigenvalue weighted by Gasteiger charge is 2.16. The third-order valence-corrected chi connectivity index (χ3v) is 5.22. The van der Waals surface area contributed by atoms with Crippen molar-refractivity contribution in [3.05, 3.63) is 88.9 Å². The van der Waals surface area contributed by atoms with Gasteiger partial charge in [-0.15, -0.1) is 0 Å². The monoisotopic (exact) mass is 539 g/mol. The lowest BCUT2D eigenvalue weighted by molar-refractivity contribution is -0.116. The van der Waals surface area contributed by atoms with E-state index in [9.17, 15) is 13.6 Å². The van der Waals surface area contributed by atoms with Crippen molar-refractivity contribution in [3.63, 3.8) is 0 Å². The summed E-state index contributed by atoms with van der Waals surface area (Å²) in [7, 11) is 0. The molecule has 8 nitrogen and oxygen atoms in total. The molecular weight excluding hydrogens is 520 g/mol. The molecule has 11 heteroatoms. The second-order valence-electron chi connectivity index (χ2n) is 7.43. The highest BCUT2D eigenvalue weighted by atomic mass is 79.9. The largest absolute Gasteiger partial charge is 0.342 e. The number of rotatable bonds is 8. The van der Waals surface area contributed by atoms with Gasteiger partial charge in [0.25, 0.3) is 0 Å². The van der Waals surface area contributed by atoms with Gasteiger partial charge in [-0.2, -0.15) is 15.0 Å². The highest BCUT2D eigenvalue weighted by Crippen LogP contribution is 2.20. The lowest BCUT2D eigenvalue weighted by Crippen LogP contribution is -2.32. The van der Waals surface area contributed by atoms with Gasteiger partial charge >= 0.3 is 0 Å². The van der Waals surface area contributed by atoms with E-state index in [2.05, 4.69) is 52.1 Å². The molecule has 1 aromatic heterocycles. The van der Waals surface area contributed by atoms with Crippen LogP contribution in [0.3, 0.4) is 0 Å². The number of halogens is 3. The molecule has 4 N–H and O–H groups in total. The summed E-state index contributed by atoms with van der Waals surface area (Å²) in [4.78, 5) is 25.6. The second-order valence-corrected chi connectivity index (χ2v) is 8.35. The zero-order valence-corrected chi connectivity index (χ0v) is 20.0. The molecule has 1 atom stereocenters. The van der Waals surface area contributed by atoms with E-state index in [4.69, 9.17) is 0 Å². The Hall–Kier alpha value is -4.12. The predicted octanol–water partition coefficient (Wildman–Crippen LogP) is 5.84. The third-order valence-electron chi connectivity index (χ3n) is 4.69. The Morgan fingerprint density at radius 1 is 0.714 bits per heavy atom. The molecule has 0 radical (unpaired) electrons.